The van der Waals surface area contributed by atoms with Crippen molar-refractivity contribution in [2.45, 2.75) is 32.6 Å². The molecule has 0 radical (unpaired) electrons. The van der Waals surface area contributed by atoms with E-state index in [1.165, 1.54) is 0 Å². The molecule has 5 nitrogen and oxygen atoms in total. The number of H-pyrrole nitrogens is 1. The zero-order valence-electron chi connectivity index (χ0n) is 10.3. The number of hydrogen-bond acceptors (Lipinski definition) is 3. The maximum atomic E-state index is 11.8. The van der Waals surface area contributed by atoms with Crippen LogP contribution in [-0.4, -0.2) is 34.4 Å². The van der Waals surface area contributed by atoms with Crippen molar-refractivity contribution in [2.75, 3.05) is 13.2 Å². The van der Waals surface area contributed by atoms with Gasteiger partial charge in [-0.1, -0.05) is 13.8 Å². The highest BCUT2D eigenvalue weighted by molar-refractivity contribution is 5.92. The maximum absolute atomic E-state index is 11.8. The van der Waals surface area contributed by atoms with Crippen molar-refractivity contribution in [1.29, 1.82) is 0 Å². The highest BCUT2D eigenvalue weighted by Gasteiger charge is 2.42. The summed E-state index contributed by atoms with van der Waals surface area (Å²) in [6, 6.07) is 1.78. The fraction of sp³-hybridized carbons (Fsp3) is 0.667. The van der Waals surface area contributed by atoms with Gasteiger partial charge in [-0.3, -0.25) is 9.89 Å². The van der Waals surface area contributed by atoms with Crippen molar-refractivity contribution >= 4 is 5.91 Å². The van der Waals surface area contributed by atoms with Crippen LogP contribution < -0.4 is 5.32 Å². The third-order valence-corrected chi connectivity index (χ3v) is 3.37. The Hall–Kier alpha value is -1.36. The number of carbonyl (C=O) groups is 1. The maximum Gasteiger partial charge on any atom is 0.271 e. The monoisotopic (exact) mass is 237 g/mol. The number of carbonyl (C=O) groups excluding carboxylic acids is 1. The van der Waals surface area contributed by atoms with E-state index in [1.807, 2.05) is 13.8 Å². The number of aromatic amines is 1. The van der Waals surface area contributed by atoms with Crippen molar-refractivity contribution in [3.63, 3.8) is 0 Å². The highest BCUT2D eigenvalue weighted by Crippen LogP contribution is 2.44. The summed E-state index contributed by atoms with van der Waals surface area (Å²) in [5.41, 5.74) is 1.31. The molecule has 5 heteroatoms. The number of aromatic nitrogens is 2. The molecule has 1 saturated carbocycles. The minimum Gasteiger partial charge on any atom is -0.396 e. The first-order valence-electron chi connectivity index (χ1n) is 6.01. The molecular formula is C12H19N3O2. The fourth-order valence-corrected chi connectivity index (χ4v) is 1.67. The summed E-state index contributed by atoms with van der Waals surface area (Å²) in [5.74, 6) is 0.157. The lowest BCUT2D eigenvalue weighted by Gasteiger charge is -2.11. The van der Waals surface area contributed by atoms with Gasteiger partial charge in [0.2, 0.25) is 0 Å². The SMILES string of the molecule is CC(C)c1cc(C(=O)NCC2(CO)CC2)n[nH]1. The Morgan fingerprint density at radius 1 is 1.65 bits per heavy atom. The van der Waals surface area contributed by atoms with E-state index in [2.05, 4.69) is 15.5 Å². The topological polar surface area (TPSA) is 78.0 Å². The van der Waals surface area contributed by atoms with Gasteiger partial charge in [-0.05, 0) is 24.8 Å². The molecule has 0 atom stereocenters. The molecule has 1 aromatic rings. The van der Waals surface area contributed by atoms with Gasteiger partial charge >= 0.3 is 0 Å². The van der Waals surface area contributed by atoms with Crippen molar-refractivity contribution in [2.24, 2.45) is 5.41 Å². The van der Waals surface area contributed by atoms with Gasteiger partial charge in [0, 0.05) is 17.7 Å². The van der Waals surface area contributed by atoms with E-state index in [4.69, 9.17) is 5.11 Å². The summed E-state index contributed by atoms with van der Waals surface area (Å²) in [6.45, 7) is 4.76. The van der Waals surface area contributed by atoms with Crippen LogP contribution in [0.4, 0.5) is 0 Å². The Bertz CT molecular complexity index is 408. The minimum atomic E-state index is -0.173. The van der Waals surface area contributed by atoms with E-state index in [0.717, 1.165) is 18.5 Å². The molecule has 0 aliphatic heterocycles. The lowest BCUT2D eigenvalue weighted by atomic mass is 10.1. The van der Waals surface area contributed by atoms with Gasteiger partial charge in [0.15, 0.2) is 0 Å². The number of aliphatic hydroxyl groups excluding tert-OH is 1. The molecule has 0 unspecified atom stereocenters. The predicted molar refractivity (Wildman–Crippen MR) is 63.8 cm³/mol. The van der Waals surface area contributed by atoms with Crippen LogP contribution >= 0.6 is 0 Å². The van der Waals surface area contributed by atoms with Crippen molar-refractivity contribution < 1.29 is 9.90 Å². The van der Waals surface area contributed by atoms with Crippen molar-refractivity contribution in [3.05, 3.63) is 17.5 Å². The molecule has 0 saturated heterocycles. The summed E-state index contributed by atoms with van der Waals surface area (Å²) < 4.78 is 0. The standard InChI is InChI=1S/C12H19N3O2/c1-8(2)9-5-10(15-14-9)11(17)13-6-12(7-16)3-4-12/h5,8,16H,3-4,6-7H2,1-2H3,(H,13,17)(H,14,15). The summed E-state index contributed by atoms with van der Waals surface area (Å²) in [6.07, 6.45) is 1.98. The van der Waals surface area contributed by atoms with E-state index < -0.39 is 0 Å². The second-order valence-corrected chi connectivity index (χ2v) is 5.20. The molecule has 1 amide bonds. The molecule has 1 aliphatic rings. The van der Waals surface area contributed by atoms with Crippen LogP contribution in [-0.2, 0) is 0 Å². The zero-order chi connectivity index (χ0) is 12.5. The lowest BCUT2D eigenvalue weighted by Crippen LogP contribution is -2.32. The first kappa shape index (κ1) is 12.1. The lowest BCUT2D eigenvalue weighted by molar-refractivity contribution is 0.0930. The van der Waals surface area contributed by atoms with Crippen LogP contribution in [0.25, 0.3) is 0 Å². The number of aliphatic hydroxyl groups is 1. The third-order valence-electron chi connectivity index (χ3n) is 3.37. The highest BCUT2D eigenvalue weighted by atomic mass is 16.3. The number of rotatable bonds is 5. The molecule has 0 aromatic carbocycles. The molecule has 94 valence electrons. The average molecular weight is 237 g/mol. The number of nitrogens with zero attached hydrogens (tertiary/aromatic N) is 1. The number of amides is 1. The fourth-order valence-electron chi connectivity index (χ4n) is 1.67. The molecule has 1 aromatic heterocycles. The zero-order valence-corrected chi connectivity index (χ0v) is 10.3. The molecule has 1 fully saturated rings. The Balaban J connectivity index is 1.90. The van der Waals surface area contributed by atoms with Crippen LogP contribution in [0.2, 0.25) is 0 Å². The molecule has 1 heterocycles. The minimum absolute atomic E-state index is 0.0627. The van der Waals surface area contributed by atoms with E-state index in [-0.39, 0.29) is 17.9 Å². The normalized spacial score (nSPS) is 17.2. The molecule has 2 rings (SSSR count). The smallest absolute Gasteiger partial charge is 0.271 e. The van der Waals surface area contributed by atoms with Gasteiger partial charge < -0.3 is 10.4 Å². The molecule has 0 bridgehead atoms. The Morgan fingerprint density at radius 3 is 2.82 bits per heavy atom. The van der Waals surface area contributed by atoms with Crippen LogP contribution in [0.15, 0.2) is 6.07 Å². The van der Waals surface area contributed by atoms with Gasteiger partial charge in [-0.25, -0.2) is 0 Å². The van der Waals surface area contributed by atoms with E-state index in [1.54, 1.807) is 6.07 Å². The van der Waals surface area contributed by atoms with Crippen molar-refractivity contribution in [3.8, 4) is 0 Å². The second-order valence-electron chi connectivity index (χ2n) is 5.20. The first-order chi connectivity index (χ1) is 8.06. The summed E-state index contributed by atoms with van der Waals surface area (Å²) in [7, 11) is 0. The molecule has 0 spiro atoms. The Morgan fingerprint density at radius 2 is 2.35 bits per heavy atom. The predicted octanol–water partition coefficient (Wildman–Crippen LogP) is 1.04. The molecule has 3 N–H and O–H groups in total. The van der Waals surface area contributed by atoms with Crippen molar-refractivity contribution in [1.82, 2.24) is 15.5 Å². The Kier molecular flexibility index (Phi) is 3.19. The van der Waals surface area contributed by atoms with E-state index >= 15 is 0 Å². The van der Waals surface area contributed by atoms with E-state index in [0.29, 0.717) is 18.2 Å². The van der Waals surface area contributed by atoms with Crippen LogP contribution in [0.1, 0.15) is 48.8 Å². The third kappa shape index (κ3) is 2.66. The van der Waals surface area contributed by atoms with Crippen LogP contribution in [0, 0.1) is 5.41 Å². The van der Waals surface area contributed by atoms with Gasteiger partial charge in [-0.15, -0.1) is 0 Å². The summed E-state index contributed by atoms with van der Waals surface area (Å²) >= 11 is 0. The first-order valence-corrected chi connectivity index (χ1v) is 6.01. The van der Waals surface area contributed by atoms with Gasteiger partial charge in [0.1, 0.15) is 5.69 Å². The van der Waals surface area contributed by atoms with E-state index in [9.17, 15) is 4.79 Å². The molecular weight excluding hydrogens is 218 g/mol. The molecule has 1 aliphatic carbocycles. The van der Waals surface area contributed by atoms with Gasteiger partial charge in [-0.2, -0.15) is 5.10 Å². The molecule has 17 heavy (non-hydrogen) atoms. The van der Waals surface area contributed by atoms with Crippen LogP contribution in [0.5, 0.6) is 0 Å². The quantitative estimate of drug-likeness (QED) is 0.716. The Labute approximate surface area is 101 Å². The number of nitrogens with one attached hydrogen (secondary N) is 2. The number of hydrogen-bond donors (Lipinski definition) is 3. The van der Waals surface area contributed by atoms with Gasteiger partial charge in [0.05, 0.1) is 6.61 Å². The van der Waals surface area contributed by atoms with Gasteiger partial charge in [0.25, 0.3) is 5.91 Å². The largest absolute Gasteiger partial charge is 0.396 e. The average Bonchev–Trinajstić information content (AvgIpc) is 2.92. The summed E-state index contributed by atoms with van der Waals surface area (Å²) in [5, 5.41) is 18.8. The summed E-state index contributed by atoms with van der Waals surface area (Å²) in [4.78, 5) is 11.8. The van der Waals surface area contributed by atoms with Crippen LogP contribution in [0.3, 0.4) is 0 Å². The second kappa shape index (κ2) is 4.49.